The van der Waals surface area contributed by atoms with E-state index < -0.39 is 0 Å². The lowest BCUT2D eigenvalue weighted by molar-refractivity contribution is 0.272. The van der Waals surface area contributed by atoms with Gasteiger partial charge in [0.1, 0.15) is 0 Å². The van der Waals surface area contributed by atoms with E-state index in [1.165, 1.54) is 0 Å². The zero-order chi connectivity index (χ0) is 15.8. The minimum absolute atomic E-state index is 0.0124. The zero-order valence-corrected chi connectivity index (χ0v) is 13.8. The van der Waals surface area contributed by atoms with Gasteiger partial charge in [0.05, 0.1) is 17.5 Å². The maximum absolute atomic E-state index is 12.5. The third-order valence-corrected chi connectivity index (χ3v) is 2.96. The number of fused-ring (bicyclic) bond motifs is 1. The highest BCUT2D eigenvalue weighted by Gasteiger charge is 2.11. The molecule has 1 heterocycles. The lowest BCUT2D eigenvalue weighted by Gasteiger charge is -2.13. The van der Waals surface area contributed by atoms with Crippen LogP contribution in [-0.2, 0) is 6.54 Å². The number of aryl methyl sites for hydroxylation is 1. The normalized spacial score (nSPS) is 10.1. The molecule has 0 saturated carbocycles. The van der Waals surface area contributed by atoms with Crippen molar-refractivity contribution in [2.75, 3.05) is 6.61 Å². The Bertz CT molecular complexity index is 632. The second-order valence-corrected chi connectivity index (χ2v) is 4.72. The highest BCUT2D eigenvalue weighted by Crippen LogP contribution is 2.15. The summed E-state index contributed by atoms with van der Waals surface area (Å²) in [7, 11) is 0. The fraction of sp³-hybridized carbons (Fsp3) is 0.529. The highest BCUT2D eigenvalue weighted by molar-refractivity contribution is 5.78. The summed E-state index contributed by atoms with van der Waals surface area (Å²) in [5.41, 5.74) is 1.76. The first-order chi connectivity index (χ1) is 10.2. The van der Waals surface area contributed by atoms with Gasteiger partial charge in [0, 0.05) is 6.54 Å². The minimum Gasteiger partial charge on any atom is -0.465 e. The Morgan fingerprint density at radius 1 is 1.19 bits per heavy atom. The van der Waals surface area contributed by atoms with Gasteiger partial charge in [0.15, 0.2) is 0 Å². The van der Waals surface area contributed by atoms with E-state index in [0.29, 0.717) is 30.1 Å². The molecular weight excluding hydrogens is 264 g/mol. The molecule has 0 aliphatic rings. The molecule has 0 aliphatic carbocycles. The van der Waals surface area contributed by atoms with E-state index in [1.807, 2.05) is 52.8 Å². The van der Waals surface area contributed by atoms with Crippen LogP contribution in [0.5, 0.6) is 6.01 Å². The van der Waals surface area contributed by atoms with Gasteiger partial charge in [-0.2, -0.15) is 4.98 Å². The topological polar surface area (TPSA) is 44.1 Å². The molecule has 0 atom stereocenters. The van der Waals surface area contributed by atoms with Crippen LogP contribution in [-0.4, -0.2) is 16.2 Å². The lowest BCUT2D eigenvalue weighted by atomic mass is 10.2. The van der Waals surface area contributed by atoms with E-state index in [1.54, 1.807) is 4.57 Å². The van der Waals surface area contributed by atoms with Gasteiger partial charge in [-0.25, -0.2) is 0 Å². The Kier molecular flexibility index (Phi) is 6.92. The Labute approximate surface area is 126 Å². The standard InChI is InChI=1S/C15H20N2O2.C2H6/c1-4-8-17-14(18)12-10-11(3)6-7-13(12)16-15(17)19-9-5-2;1-2/h6-7,10H,4-5,8-9H2,1-3H3;1-2H3. The first kappa shape index (κ1) is 17.2. The molecule has 0 aliphatic heterocycles. The summed E-state index contributed by atoms with van der Waals surface area (Å²) in [6.07, 6.45) is 1.77. The van der Waals surface area contributed by atoms with Crippen LogP contribution in [0.3, 0.4) is 0 Å². The predicted molar refractivity (Wildman–Crippen MR) is 88.2 cm³/mol. The highest BCUT2D eigenvalue weighted by atomic mass is 16.5. The number of hydrogen-bond acceptors (Lipinski definition) is 3. The van der Waals surface area contributed by atoms with Crippen LogP contribution in [0, 0.1) is 6.92 Å². The molecule has 0 saturated heterocycles. The number of nitrogens with zero attached hydrogens (tertiary/aromatic N) is 2. The van der Waals surface area contributed by atoms with Gasteiger partial charge >= 0.3 is 0 Å². The van der Waals surface area contributed by atoms with Crippen molar-refractivity contribution in [3.63, 3.8) is 0 Å². The van der Waals surface area contributed by atoms with Crippen LogP contribution in [0.25, 0.3) is 10.9 Å². The molecule has 0 N–H and O–H groups in total. The van der Waals surface area contributed by atoms with Gasteiger partial charge in [-0.3, -0.25) is 9.36 Å². The van der Waals surface area contributed by atoms with Crippen LogP contribution in [0.1, 0.15) is 46.1 Å². The summed E-state index contributed by atoms with van der Waals surface area (Å²) < 4.78 is 7.25. The van der Waals surface area contributed by atoms with Crippen molar-refractivity contribution >= 4 is 10.9 Å². The molecule has 0 bridgehead atoms. The van der Waals surface area contributed by atoms with Crippen LogP contribution < -0.4 is 10.3 Å². The maximum atomic E-state index is 12.5. The Hall–Kier alpha value is -1.84. The molecule has 4 nitrogen and oxygen atoms in total. The molecule has 2 aromatic rings. The summed E-state index contributed by atoms with van der Waals surface area (Å²) in [6.45, 7) is 11.3. The predicted octanol–water partition coefficient (Wildman–Crippen LogP) is 3.93. The molecule has 116 valence electrons. The molecular formula is C17H26N2O2. The van der Waals surface area contributed by atoms with Crippen LogP contribution in [0.15, 0.2) is 23.0 Å². The first-order valence-corrected chi connectivity index (χ1v) is 7.81. The van der Waals surface area contributed by atoms with Gasteiger partial charge in [0.2, 0.25) is 0 Å². The Balaban J connectivity index is 0.00000106. The van der Waals surface area contributed by atoms with Gasteiger partial charge < -0.3 is 4.74 Å². The molecule has 0 spiro atoms. The summed E-state index contributed by atoms with van der Waals surface area (Å²) in [5.74, 6) is 0. The van der Waals surface area contributed by atoms with E-state index in [2.05, 4.69) is 4.98 Å². The van der Waals surface area contributed by atoms with Crippen molar-refractivity contribution in [1.82, 2.24) is 9.55 Å². The number of aromatic nitrogens is 2. The van der Waals surface area contributed by atoms with E-state index in [0.717, 1.165) is 18.4 Å². The molecule has 2 rings (SSSR count). The number of rotatable bonds is 5. The Morgan fingerprint density at radius 3 is 2.52 bits per heavy atom. The van der Waals surface area contributed by atoms with Gasteiger partial charge in [0.25, 0.3) is 11.6 Å². The van der Waals surface area contributed by atoms with Crippen molar-refractivity contribution in [1.29, 1.82) is 0 Å². The number of ether oxygens (including phenoxy) is 1. The maximum Gasteiger partial charge on any atom is 0.299 e. The average molecular weight is 290 g/mol. The Morgan fingerprint density at radius 2 is 1.90 bits per heavy atom. The summed E-state index contributed by atoms with van der Waals surface area (Å²) >= 11 is 0. The number of hydrogen-bond donors (Lipinski definition) is 0. The first-order valence-electron chi connectivity index (χ1n) is 7.81. The van der Waals surface area contributed by atoms with E-state index in [-0.39, 0.29) is 5.56 Å². The monoisotopic (exact) mass is 290 g/mol. The summed E-state index contributed by atoms with van der Waals surface area (Å²) in [4.78, 5) is 17.0. The minimum atomic E-state index is -0.0124. The molecule has 0 radical (unpaired) electrons. The van der Waals surface area contributed by atoms with Crippen molar-refractivity contribution < 1.29 is 4.74 Å². The summed E-state index contributed by atoms with van der Waals surface area (Å²) in [6, 6.07) is 6.16. The van der Waals surface area contributed by atoms with Gasteiger partial charge in [-0.15, -0.1) is 0 Å². The largest absolute Gasteiger partial charge is 0.465 e. The van der Waals surface area contributed by atoms with E-state index in [4.69, 9.17) is 4.74 Å². The molecule has 4 heteroatoms. The molecule has 0 unspecified atom stereocenters. The average Bonchev–Trinajstić information content (AvgIpc) is 2.51. The van der Waals surface area contributed by atoms with Crippen molar-refractivity contribution in [2.45, 2.75) is 54.0 Å². The quantitative estimate of drug-likeness (QED) is 0.838. The van der Waals surface area contributed by atoms with Crippen molar-refractivity contribution in [3.05, 3.63) is 34.1 Å². The molecule has 1 aromatic heterocycles. The fourth-order valence-corrected chi connectivity index (χ4v) is 2.04. The van der Waals surface area contributed by atoms with Crippen LogP contribution >= 0.6 is 0 Å². The zero-order valence-electron chi connectivity index (χ0n) is 13.8. The smallest absolute Gasteiger partial charge is 0.299 e. The van der Waals surface area contributed by atoms with Crippen molar-refractivity contribution in [2.24, 2.45) is 0 Å². The van der Waals surface area contributed by atoms with Crippen LogP contribution in [0.2, 0.25) is 0 Å². The molecule has 1 aromatic carbocycles. The van der Waals surface area contributed by atoms with Crippen LogP contribution in [0.4, 0.5) is 0 Å². The van der Waals surface area contributed by atoms with E-state index in [9.17, 15) is 4.79 Å². The van der Waals surface area contributed by atoms with Gasteiger partial charge in [-0.05, 0) is 31.9 Å². The third kappa shape index (κ3) is 4.06. The van der Waals surface area contributed by atoms with E-state index >= 15 is 0 Å². The second-order valence-electron chi connectivity index (χ2n) is 4.72. The van der Waals surface area contributed by atoms with Crippen molar-refractivity contribution in [3.8, 4) is 6.01 Å². The SMILES string of the molecule is CC.CCCOc1nc2ccc(C)cc2c(=O)n1CCC. The molecule has 21 heavy (non-hydrogen) atoms. The third-order valence-electron chi connectivity index (χ3n) is 2.96. The molecule has 0 amide bonds. The lowest BCUT2D eigenvalue weighted by Crippen LogP contribution is -2.24. The second kappa shape index (κ2) is 8.45. The van der Waals surface area contributed by atoms with Gasteiger partial charge in [-0.1, -0.05) is 39.3 Å². The summed E-state index contributed by atoms with van der Waals surface area (Å²) in [5, 5.41) is 0.664. The number of benzene rings is 1. The fourth-order valence-electron chi connectivity index (χ4n) is 2.04. The molecule has 0 fully saturated rings.